The normalized spacial score (nSPS) is 10.6. The molecule has 3 heteroatoms. The highest BCUT2D eigenvalue weighted by Crippen LogP contribution is 2.27. The Kier molecular flexibility index (Phi) is 5.84. The Labute approximate surface area is 104 Å². The van der Waals surface area contributed by atoms with Crippen LogP contribution in [0.5, 0.6) is 11.5 Å². The number of methoxy groups -OCH3 is 1. The molecule has 0 aliphatic carbocycles. The van der Waals surface area contributed by atoms with E-state index in [-0.39, 0.29) is 0 Å². The molecule has 17 heavy (non-hydrogen) atoms. The van der Waals surface area contributed by atoms with E-state index in [0.29, 0.717) is 0 Å². The summed E-state index contributed by atoms with van der Waals surface area (Å²) in [5.74, 6) is 1.67. The molecule has 0 unspecified atom stereocenters. The number of quaternary nitrogens is 1. The molecule has 1 aromatic carbocycles. The summed E-state index contributed by atoms with van der Waals surface area (Å²) in [4.78, 5) is 1.48. The molecule has 1 N–H and O–H groups in total. The van der Waals surface area contributed by atoms with Crippen molar-refractivity contribution in [1.29, 1.82) is 0 Å². The topological polar surface area (TPSA) is 22.9 Å². The molecule has 0 aromatic heterocycles. The monoisotopic (exact) mass is 238 g/mol. The van der Waals surface area contributed by atoms with Gasteiger partial charge in [0.15, 0.2) is 11.5 Å². The van der Waals surface area contributed by atoms with E-state index in [1.807, 2.05) is 25.1 Å². The lowest BCUT2D eigenvalue weighted by Crippen LogP contribution is -3.05. The molecule has 0 atom stereocenters. The Morgan fingerprint density at radius 3 is 2.53 bits per heavy atom. The molecular formula is C14H24NO2+. The van der Waals surface area contributed by atoms with Crippen molar-refractivity contribution in [2.45, 2.75) is 19.8 Å². The van der Waals surface area contributed by atoms with Gasteiger partial charge in [0.25, 0.3) is 0 Å². The highest BCUT2D eigenvalue weighted by atomic mass is 16.5. The third-order valence-corrected chi connectivity index (χ3v) is 2.65. The zero-order valence-electron chi connectivity index (χ0n) is 11.4. The lowest BCUT2D eigenvalue weighted by atomic mass is 10.2. The first-order valence-electron chi connectivity index (χ1n) is 6.20. The highest BCUT2D eigenvalue weighted by Gasteiger charge is 2.04. The van der Waals surface area contributed by atoms with Gasteiger partial charge in [-0.2, -0.15) is 0 Å². The summed E-state index contributed by atoms with van der Waals surface area (Å²) in [6.07, 6.45) is 2.28. The molecule has 1 aromatic rings. The van der Waals surface area contributed by atoms with E-state index in [9.17, 15) is 0 Å². The van der Waals surface area contributed by atoms with Gasteiger partial charge in [-0.25, -0.2) is 0 Å². The molecule has 0 radical (unpaired) electrons. The van der Waals surface area contributed by atoms with Gasteiger partial charge >= 0.3 is 0 Å². The predicted molar refractivity (Wildman–Crippen MR) is 70.1 cm³/mol. The van der Waals surface area contributed by atoms with Crippen LogP contribution in [-0.2, 0) is 0 Å². The molecule has 0 amide bonds. The molecule has 96 valence electrons. The Morgan fingerprint density at radius 1 is 1.12 bits per heavy atom. The van der Waals surface area contributed by atoms with E-state index in [4.69, 9.17) is 9.47 Å². The van der Waals surface area contributed by atoms with Crippen molar-refractivity contribution in [3.63, 3.8) is 0 Å². The van der Waals surface area contributed by atoms with Crippen LogP contribution in [0, 0.1) is 6.92 Å². The van der Waals surface area contributed by atoms with Crippen LogP contribution >= 0.6 is 0 Å². The Bertz CT molecular complexity index is 337. The minimum Gasteiger partial charge on any atom is -0.493 e. The van der Waals surface area contributed by atoms with Crippen molar-refractivity contribution in [1.82, 2.24) is 0 Å². The van der Waals surface area contributed by atoms with E-state index in [1.165, 1.54) is 23.4 Å². The number of hydrogen-bond donors (Lipinski definition) is 1. The minimum atomic E-state index is 0.757. The van der Waals surface area contributed by atoms with Gasteiger partial charge in [-0.15, -0.1) is 0 Å². The molecule has 1 rings (SSSR count). The summed E-state index contributed by atoms with van der Waals surface area (Å²) in [6, 6.07) is 6.02. The van der Waals surface area contributed by atoms with Gasteiger partial charge in [-0.3, -0.25) is 0 Å². The highest BCUT2D eigenvalue weighted by molar-refractivity contribution is 5.42. The molecule has 0 saturated heterocycles. The molecule has 0 heterocycles. The zero-order valence-corrected chi connectivity index (χ0v) is 11.4. The first-order chi connectivity index (χ1) is 8.13. The lowest BCUT2D eigenvalue weighted by Gasteiger charge is -2.11. The van der Waals surface area contributed by atoms with Gasteiger partial charge in [0.05, 0.1) is 34.4 Å². The van der Waals surface area contributed by atoms with Crippen LogP contribution in [0.25, 0.3) is 0 Å². The number of aryl methyl sites for hydroxylation is 1. The number of ether oxygens (including phenoxy) is 2. The maximum atomic E-state index is 5.73. The molecule has 0 aliphatic heterocycles. The van der Waals surface area contributed by atoms with E-state index in [1.54, 1.807) is 7.11 Å². The first-order valence-corrected chi connectivity index (χ1v) is 6.20. The van der Waals surface area contributed by atoms with Gasteiger partial charge in [-0.05, 0) is 37.5 Å². The summed E-state index contributed by atoms with van der Waals surface area (Å²) >= 11 is 0. The van der Waals surface area contributed by atoms with Gasteiger partial charge in [-0.1, -0.05) is 6.07 Å². The van der Waals surface area contributed by atoms with E-state index >= 15 is 0 Å². The predicted octanol–water partition coefficient (Wildman–Crippen LogP) is 1.31. The molecular weight excluding hydrogens is 214 g/mol. The Hall–Kier alpha value is -1.22. The van der Waals surface area contributed by atoms with Crippen molar-refractivity contribution < 1.29 is 14.4 Å². The minimum absolute atomic E-state index is 0.757. The van der Waals surface area contributed by atoms with Crippen LogP contribution in [0.1, 0.15) is 18.4 Å². The second kappa shape index (κ2) is 7.17. The first kappa shape index (κ1) is 13.8. The van der Waals surface area contributed by atoms with Crippen molar-refractivity contribution in [3.05, 3.63) is 23.8 Å². The zero-order chi connectivity index (χ0) is 12.7. The number of nitrogens with one attached hydrogen (secondary N) is 1. The number of hydrogen-bond acceptors (Lipinski definition) is 2. The summed E-state index contributed by atoms with van der Waals surface area (Å²) in [7, 11) is 6.02. The maximum Gasteiger partial charge on any atom is 0.161 e. The van der Waals surface area contributed by atoms with Crippen molar-refractivity contribution in [2.24, 2.45) is 0 Å². The number of rotatable bonds is 7. The second-order valence-corrected chi connectivity index (χ2v) is 4.67. The van der Waals surface area contributed by atoms with Crippen LogP contribution < -0.4 is 14.4 Å². The summed E-state index contributed by atoms with van der Waals surface area (Å²) in [5.41, 5.74) is 1.19. The molecule has 3 nitrogen and oxygen atoms in total. The van der Waals surface area contributed by atoms with Crippen LogP contribution in [0.15, 0.2) is 18.2 Å². The van der Waals surface area contributed by atoms with Crippen LogP contribution in [0.2, 0.25) is 0 Å². The fraction of sp³-hybridized carbons (Fsp3) is 0.571. The van der Waals surface area contributed by atoms with Gasteiger partial charge in [0, 0.05) is 0 Å². The molecule has 0 saturated carbocycles. The quantitative estimate of drug-likeness (QED) is 0.724. The van der Waals surface area contributed by atoms with Gasteiger partial charge in [0.1, 0.15) is 0 Å². The molecule has 0 bridgehead atoms. The SMILES string of the molecule is COc1cc(C)ccc1OCCCC[NH+](C)C. The van der Waals surface area contributed by atoms with Crippen molar-refractivity contribution >= 4 is 0 Å². The fourth-order valence-corrected chi connectivity index (χ4v) is 1.66. The molecule has 0 fully saturated rings. The number of unbranched alkanes of at least 4 members (excludes halogenated alkanes) is 1. The van der Waals surface area contributed by atoms with E-state index < -0.39 is 0 Å². The average Bonchev–Trinajstić information content (AvgIpc) is 2.29. The largest absolute Gasteiger partial charge is 0.493 e. The summed E-state index contributed by atoms with van der Waals surface area (Å²) < 4.78 is 11.0. The van der Waals surface area contributed by atoms with Crippen molar-refractivity contribution in [2.75, 3.05) is 34.4 Å². The summed E-state index contributed by atoms with van der Waals surface area (Å²) in [5, 5.41) is 0. The Morgan fingerprint density at radius 2 is 1.88 bits per heavy atom. The van der Waals surface area contributed by atoms with Crippen LogP contribution in [0.4, 0.5) is 0 Å². The lowest BCUT2D eigenvalue weighted by molar-refractivity contribution is -0.858. The van der Waals surface area contributed by atoms with E-state index in [2.05, 4.69) is 14.1 Å². The smallest absolute Gasteiger partial charge is 0.161 e. The summed E-state index contributed by atoms with van der Waals surface area (Å²) in [6.45, 7) is 3.99. The Balaban J connectivity index is 2.36. The maximum absolute atomic E-state index is 5.73. The molecule has 0 spiro atoms. The van der Waals surface area contributed by atoms with Crippen LogP contribution in [-0.4, -0.2) is 34.4 Å². The van der Waals surface area contributed by atoms with Gasteiger partial charge < -0.3 is 14.4 Å². The van der Waals surface area contributed by atoms with Crippen molar-refractivity contribution in [3.8, 4) is 11.5 Å². The standard InChI is InChI=1S/C14H23NO2/c1-12-7-8-13(14(11-12)16-4)17-10-6-5-9-15(2)3/h7-8,11H,5-6,9-10H2,1-4H3/p+1. The van der Waals surface area contributed by atoms with E-state index in [0.717, 1.165) is 24.5 Å². The fourth-order valence-electron chi connectivity index (χ4n) is 1.66. The second-order valence-electron chi connectivity index (χ2n) is 4.67. The average molecular weight is 238 g/mol. The third-order valence-electron chi connectivity index (χ3n) is 2.65. The molecule has 0 aliphatic rings. The third kappa shape index (κ3) is 5.09. The number of benzene rings is 1. The van der Waals surface area contributed by atoms with Crippen LogP contribution in [0.3, 0.4) is 0 Å². The van der Waals surface area contributed by atoms with Gasteiger partial charge in [0.2, 0.25) is 0 Å².